The molecule has 0 heterocycles. The molecule has 33 heavy (non-hydrogen) atoms. The van der Waals surface area contributed by atoms with Crippen molar-refractivity contribution in [2.45, 2.75) is 26.8 Å². The third kappa shape index (κ3) is 6.49. The minimum Gasteiger partial charge on any atom is -0.495 e. The fraction of sp³-hybridized carbons (Fsp3) is 0.364. The summed E-state index contributed by atoms with van der Waals surface area (Å²) in [6.07, 6.45) is 0. The fourth-order valence-electron chi connectivity index (χ4n) is 2.75. The van der Waals surface area contributed by atoms with Gasteiger partial charge < -0.3 is 24.3 Å². The van der Waals surface area contributed by atoms with Crippen molar-refractivity contribution in [1.29, 1.82) is 0 Å². The van der Waals surface area contributed by atoms with Gasteiger partial charge in [0.05, 0.1) is 27.4 Å². The molecule has 2 aromatic carbocycles. The van der Waals surface area contributed by atoms with Gasteiger partial charge in [0, 0.05) is 17.8 Å². The number of hydrogen-bond donors (Lipinski definition) is 1. The Balaban J connectivity index is 2.34. The number of methoxy groups -OCH3 is 2. The van der Waals surface area contributed by atoms with E-state index in [-0.39, 0.29) is 33.0 Å². The maximum atomic E-state index is 12.8. The number of amides is 1. The number of ketones is 1. The number of Topliss-reactive ketones (excluding diaryl/α,β-unsaturated/α-hetero) is 1. The molecule has 0 aliphatic heterocycles. The third-order valence-electron chi connectivity index (χ3n) is 4.26. The molecule has 0 saturated carbocycles. The summed E-state index contributed by atoms with van der Waals surface area (Å²) in [7, 11) is 2.85. The van der Waals surface area contributed by atoms with Gasteiger partial charge >= 0.3 is 0 Å². The van der Waals surface area contributed by atoms with Gasteiger partial charge in [0.25, 0.3) is 5.91 Å². The molecule has 1 N–H and O–H groups in total. The second-order valence-corrected chi connectivity index (χ2v) is 7.26. The van der Waals surface area contributed by atoms with Crippen molar-refractivity contribution in [3.8, 4) is 23.0 Å². The molecule has 0 saturated heterocycles. The quantitative estimate of drug-likeness (QED) is 0.324. The Morgan fingerprint density at radius 2 is 1.58 bits per heavy atom. The van der Waals surface area contributed by atoms with Crippen LogP contribution in [0.1, 0.15) is 20.8 Å². The van der Waals surface area contributed by atoms with E-state index in [9.17, 15) is 9.59 Å². The number of ether oxygens (including phenoxy) is 4. The molecule has 2 aromatic rings. The van der Waals surface area contributed by atoms with E-state index in [1.807, 2.05) is 6.92 Å². The average molecular weight is 498 g/mol. The van der Waals surface area contributed by atoms with E-state index in [2.05, 4.69) is 15.5 Å². The van der Waals surface area contributed by atoms with E-state index >= 15 is 0 Å². The van der Waals surface area contributed by atoms with Crippen molar-refractivity contribution >= 4 is 46.3 Å². The molecule has 2 rings (SSSR count). The first-order chi connectivity index (χ1) is 15.8. The van der Waals surface area contributed by atoms with E-state index in [4.69, 9.17) is 42.1 Å². The van der Waals surface area contributed by atoms with Crippen molar-refractivity contribution < 1.29 is 28.5 Å². The van der Waals surface area contributed by atoms with Crippen LogP contribution in [0.3, 0.4) is 0 Å². The Hall–Kier alpha value is -3.04. The zero-order valence-corrected chi connectivity index (χ0v) is 20.4. The number of nitrogens with zero attached hydrogens (tertiary/aromatic N) is 2. The molecular formula is C22H25Cl2N3O6. The second-order valence-electron chi connectivity index (χ2n) is 6.50. The number of rotatable bonds is 11. The molecule has 0 spiro atoms. The van der Waals surface area contributed by atoms with Crippen molar-refractivity contribution in [1.82, 2.24) is 0 Å². The van der Waals surface area contributed by atoms with Gasteiger partial charge in [-0.25, -0.2) is 0 Å². The number of hydrogen-bond acceptors (Lipinski definition) is 8. The van der Waals surface area contributed by atoms with E-state index in [1.54, 1.807) is 19.1 Å². The fourth-order valence-corrected chi connectivity index (χ4v) is 3.28. The highest BCUT2D eigenvalue weighted by molar-refractivity contribution is 6.34. The lowest BCUT2D eigenvalue weighted by Gasteiger charge is -2.14. The number of halogens is 2. The summed E-state index contributed by atoms with van der Waals surface area (Å²) in [4.78, 5) is 25.0. The smallest absolute Gasteiger partial charge is 0.258 e. The van der Waals surface area contributed by atoms with Gasteiger partial charge in [-0.3, -0.25) is 9.59 Å². The standard InChI is InChI=1S/C22H25Cl2N3O6/c1-6-32-15-9-8-14(21(19(15)24)33-7-2)26-27-20(12(3)28)22(29)25-13-10-16(30-4)18(23)17(11-13)31-5/h8-11,20H,6-7H2,1-5H3,(H,25,29). The van der Waals surface area contributed by atoms with Crippen LogP contribution >= 0.6 is 23.2 Å². The summed E-state index contributed by atoms with van der Waals surface area (Å²) in [6.45, 7) is 5.58. The second kappa shape index (κ2) is 12.3. The SMILES string of the molecule is CCOc1ccc(N=NC(C(C)=O)C(=O)Nc2cc(OC)c(Cl)c(OC)c2)c(OCC)c1Cl. The van der Waals surface area contributed by atoms with Crippen LogP contribution in [0.25, 0.3) is 0 Å². The highest BCUT2D eigenvalue weighted by Gasteiger charge is 2.25. The Morgan fingerprint density at radius 3 is 2.09 bits per heavy atom. The normalized spacial score (nSPS) is 11.7. The predicted octanol–water partition coefficient (Wildman–Crippen LogP) is 5.49. The third-order valence-corrected chi connectivity index (χ3v) is 4.99. The van der Waals surface area contributed by atoms with E-state index in [1.165, 1.54) is 33.3 Å². The number of nitrogens with one attached hydrogen (secondary N) is 1. The maximum absolute atomic E-state index is 12.8. The van der Waals surface area contributed by atoms with Gasteiger partial charge in [-0.05, 0) is 32.9 Å². The lowest BCUT2D eigenvalue weighted by atomic mass is 10.2. The van der Waals surface area contributed by atoms with E-state index < -0.39 is 17.7 Å². The lowest BCUT2D eigenvalue weighted by molar-refractivity contribution is -0.126. The van der Waals surface area contributed by atoms with Crippen LogP contribution in [0.2, 0.25) is 10.0 Å². The van der Waals surface area contributed by atoms with Gasteiger partial charge in [0.2, 0.25) is 6.04 Å². The highest BCUT2D eigenvalue weighted by atomic mass is 35.5. The number of carbonyl (C=O) groups is 2. The minimum atomic E-state index is -1.42. The van der Waals surface area contributed by atoms with Crippen LogP contribution in [0.15, 0.2) is 34.5 Å². The first-order valence-corrected chi connectivity index (χ1v) is 10.7. The molecule has 0 aliphatic rings. The van der Waals surface area contributed by atoms with Gasteiger partial charge in [0.1, 0.15) is 33.0 Å². The van der Waals surface area contributed by atoms with Gasteiger partial charge in [-0.1, -0.05) is 23.2 Å². The predicted molar refractivity (Wildman–Crippen MR) is 126 cm³/mol. The van der Waals surface area contributed by atoms with Crippen LogP contribution in [-0.4, -0.2) is 45.2 Å². The molecule has 11 heteroatoms. The van der Waals surface area contributed by atoms with Crippen LogP contribution in [0.5, 0.6) is 23.0 Å². The molecule has 0 radical (unpaired) electrons. The molecule has 1 atom stereocenters. The molecule has 9 nitrogen and oxygen atoms in total. The van der Waals surface area contributed by atoms with Crippen molar-refractivity contribution in [2.24, 2.45) is 10.2 Å². The van der Waals surface area contributed by atoms with Crippen LogP contribution in [0, 0.1) is 0 Å². The van der Waals surface area contributed by atoms with Crippen molar-refractivity contribution in [2.75, 3.05) is 32.8 Å². The maximum Gasteiger partial charge on any atom is 0.258 e. The van der Waals surface area contributed by atoms with Gasteiger partial charge in [0.15, 0.2) is 11.5 Å². The van der Waals surface area contributed by atoms with Crippen LogP contribution in [0.4, 0.5) is 11.4 Å². The molecule has 0 aliphatic carbocycles. The molecule has 0 bridgehead atoms. The Kier molecular flexibility index (Phi) is 9.74. The zero-order valence-electron chi connectivity index (χ0n) is 18.9. The topological polar surface area (TPSA) is 108 Å². The van der Waals surface area contributed by atoms with Crippen LogP contribution in [-0.2, 0) is 9.59 Å². The molecule has 1 amide bonds. The molecule has 1 unspecified atom stereocenters. The summed E-state index contributed by atoms with van der Waals surface area (Å²) in [6, 6.07) is 4.76. The van der Waals surface area contributed by atoms with Crippen LogP contribution < -0.4 is 24.3 Å². The van der Waals surface area contributed by atoms with E-state index in [0.717, 1.165) is 0 Å². The summed E-state index contributed by atoms with van der Waals surface area (Å²) in [5.74, 6) is 0.0269. The molecule has 0 fully saturated rings. The number of carbonyl (C=O) groups excluding carboxylic acids is 2. The largest absolute Gasteiger partial charge is 0.495 e. The van der Waals surface area contributed by atoms with Gasteiger partial charge in [-0.2, -0.15) is 10.2 Å². The summed E-state index contributed by atoms with van der Waals surface area (Å²) >= 11 is 12.5. The average Bonchev–Trinajstić information content (AvgIpc) is 2.78. The molecule has 178 valence electrons. The Labute approximate surface area is 202 Å². The molecule has 0 aromatic heterocycles. The summed E-state index contributed by atoms with van der Waals surface area (Å²) in [5.41, 5.74) is 0.554. The Morgan fingerprint density at radius 1 is 0.970 bits per heavy atom. The summed E-state index contributed by atoms with van der Waals surface area (Å²) < 4.78 is 21.4. The number of benzene rings is 2. The number of anilines is 1. The minimum absolute atomic E-state index is 0.222. The van der Waals surface area contributed by atoms with Crippen molar-refractivity contribution in [3.63, 3.8) is 0 Å². The molecular weight excluding hydrogens is 473 g/mol. The summed E-state index contributed by atoms with van der Waals surface area (Å²) in [5, 5.41) is 11.1. The Bertz CT molecular complexity index is 1020. The number of azo groups is 1. The van der Waals surface area contributed by atoms with E-state index in [0.29, 0.717) is 24.7 Å². The lowest BCUT2D eigenvalue weighted by Crippen LogP contribution is -2.31. The first kappa shape index (κ1) is 26.2. The van der Waals surface area contributed by atoms with Crippen molar-refractivity contribution in [3.05, 3.63) is 34.3 Å². The first-order valence-electron chi connectivity index (χ1n) is 9.99. The monoisotopic (exact) mass is 497 g/mol. The highest BCUT2D eigenvalue weighted by Crippen LogP contribution is 2.42. The van der Waals surface area contributed by atoms with Gasteiger partial charge in [-0.15, -0.1) is 0 Å². The zero-order chi connectivity index (χ0) is 24.5.